The summed E-state index contributed by atoms with van der Waals surface area (Å²) in [4.78, 5) is 29.0. The van der Waals surface area contributed by atoms with Gasteiger partial charge in [-0.3, -0.25) is 13.9 Å². The first-order valence-electron chi connectivity index (χ1n) is 13.3. The molecule has 3 rings (SSSR count). The van der Waals surface area contributed by atoms with Crippen LogP contribution in [-0.2, 0) is 26.2 Å². The molecule has 0 aliphatic heterocycles. The maximum Gasteiger partial charge on any atom is 0.264 e. The Labute approximate surface area is 257 Å². The molecule has 0 saturated carbocycles. The lowest BCUT2D eigenvalue weighted by Crippen LogP contribution is -2.53. The van der Waals surface area contributed by atoms with Crippen molar-refractivity contribution in [2.45, 2.75) is 64.1 Å². The van der Waals surface area contributed by atoms with Crippen LogP contribution < -0.4 is 9.62 Å². The van der Waals surface area contributed by atoms with Gasteiger partial charge >= 0.3 is 0 Å². The van der Waals surface area contributed by atoms with E-state index in [-0.39, 0.29) is 29.1 Å². The van der Waals surface area contributed by atoms with E-state index in [1.807, 2.05) is 13.8 Å². The van der Waals surface area contributed by atoms with Crippen LogP contribution in [0.3, 0.4) is 0 Å². The Kier molecular flexibility index (Phi) is 11.5. The van der Waals surface area contributed by atoms with Crippen LogP contribution in [0, 0.1) is 6.92 Å². The van der Waals surface area contributed by atoms with Gasteiger partial charge in [0.2, 0.25) is 11.8 Å². The number of rotatable bonds is 12. The number of benzene rings is 3. The van der Waals surface area contributed by atoms with Gasteiger partial charge in [0.15, 0.2) is 0 Å². The number of anilines is 1. The van der Waals surface area contributed by atoms with Crippen LogP contribution in [0.5, 0.6) is 0 Å². The Morgan fingerprint density at radius 1 is 0.902 bits per heavy atom. The largest absolute Gasteiger partial charge is 0.352 e. The third-order valence-electron chi connectivity index (χ3n) is 6.86. The molecule has 2 atom stereocenters. The third-order valence-corrected chi connectivity index (χ3v) is 9.63. The van der Waals surface area contributed by atoms with E-state index < -0.39 is 28.5 Å². The van der Waals surface area contributed by atoms with E-state index in [1.165, 1.54) is 17.0 Å². The zero-order valence-electron chi connectivity index (χ0n) is 23.4. The van der Waals surface area contributed by atoms with Crippen LogP contribution in [-0.4, -0.2) is 43.8 Å². The Morgan fingerprint density at radius 2 is 1.59 bits per heavy atom. The standard InChI is InChI=1S/C30H34Cl3N3O4S/c1-5-20(3)34-30(38)27(6-2)35(18-22-15-16-23(31)17-26(22)33)29(37)19-36(28-14-10-13-25(32)21(28)4)41(39,40)24-11-8-7-9-12-24/h7-17,20,27H,5-6,18-19H2,1-4H3,(H,34,38)/t20-,27+/m1/s1. The topological polar surface area (TPSA) is 86.8 Å². The molecule has 0 aromatic heterocycles. The van der Waals surface area contributed by atoms with E-state index >= 15 is 0 Å². The van der Waals surface area contributed by atoms with Gasteiger partial charge < -0.3 is 10.2 Å². The first kappa shape index (κ1) is 32.7. The third kappa shape index (κ3) is 7.95. The molecule has 3 aromatic carbocycles. The smallest absolute Gasteiger partial charge is 0.264 e. The number of nitrogens with one attached hydrogen (secondary N) is 1. The van der Waals surface area contributed by atoms with Crippen molar-refractivity contribution in [3.63, 3.8) is 0 Å². The fourth-order valence-corrected chi connectivity index (χ4v) is 6.42. The van der Waals surface area contributed by atoms with Gasteiger partial charge in [-0.05, 0) is 74.2 Å². The van der Waals surface area contributed by atoms with Crippen LogP contribution in [0.15, 0.2) is 71.6 Å². The molecule has 7 nitrogen and oxygen atoms in total. The molecule has 0 radical (unpaired) electrons. The Balaban J connectivity index is 2.11. The minimum atomic E-state index is -4.20. The number of nitrogens with zero attached hydrogens (tertiary/aromatic N) is 2. The van der Waals surface area contributed by atoms with Crippen molar-refractivity contribution >= 4 is 62.3 Å². The summed E-state index contributed by atoms with van der Waals surface area (Å²) in [5.74, 6) is -0.919. The van der Waals surface area contributed by atoms with Crippen LogP contribution in [0.1, 0.15) is 44.7 Å². The summed E-state index contributed by atoms with van der Waals surface area (Å²) in [6.07, 6.45) is 0.997. The maximum absolute atomic E-state index is 14.2. The normalized spacial score (nSPS) is 12.9. The molecule has 0 fully saturated rings. The molecule has 3 aromatic rings. The van der Waals surface area contributed by atoms with Gasteiger partial charge in [-0.15, -0.1) is 0 Å². The summed E-state index contributed by atoms with van der Waals surface area (Å²) in [7, 11) is -4.20. The van der Waals surface area contributed by atoms with Gasteiger partial charge in [0.25, 0.3) is 10.0 Å². The predicted molar refractivity (Wildman–Crippen MR) is 166 cm³/mol. The second kappa shape index (κ2) is 14.4. The number of sulfonamides is 1. The lowest BCUT2D eigenvalue weighted by molar-refractivity contribution is -0.140. The fourth-order valence-electron chi connectivity index (χ4n) is 4.29. The number of amides is 2. The van der Waals surface area contributed by atoms with Crippen molar-refractivity contribution < 1.29 is 18.0 Å². The van der Waals surface area contributed by atoms with E-state index in [4.69, 9.17) is 34.8 Å². The molecule has 0 aliphatic carbocycles. The molecular weight excluding hydrogens is 605 g/mol. The number of hydrogen-bond donors (Lipinski definition) is 1. The van der Waals surface area contributed by atoms with Gasteiger partial charge in [0, 0.05) is 27.7 Å². The zero-order chi connectivity index (χ0) is 30.3. The first-order valence-corrected chi connectivity index (χ1v) is 15.8. The quantitative estimate of drug-likeness (QED) is 0.235. The number of halogens is 3. The van der Waals surface area contributed by atoms with Crippen molar-refractivity contribution in [2.24, 2.45) is 0 Å². The van der Waals surface area contributed by atoms with E-state index in [2.05, 4.69) is 5.32 Å². The number of carbonyl (C=O) groups excluding carboxylic acids is 2. The Hall–Kier alpha value is -2.78. The van der Waals surface area contributed by atoms with E-state index in [1.54, 1.807) is 68.4 Å². The molecular formula is C30H34Cl3N3O4S. The average molecular weight is 639 g/mol. The van der Waals surface area contributed by atoms with Gasteiger partial charge in [-0.1, -0.05) is 79.0 Å². The van der Waals surface area contributed by atoms with Gasteiger partial charge in [0.1, 0.15) is 12.6 Å². The maximum atomic E-state index is 14.2. The predicted octanol–water partition coefficient (Wildman–Crippen LogP) is 6.87. The first-order chi connectivity index (χ1) is 19.4. The summed E-state index contributed by atoms with van der Waals surface area (Å²) < 4.78 is 29.0. The van der Waals surface area contributed by atoms with Crippen molar-refractivity contribution in [3.05, 3.63) is 92.9 Å². The summed E-state index contributed by atoms with van der Waals surface area (Å²) >= 11 is 18.9. The van der Waals surface area contributed by atoms with E-state index in [9.17, 15) is 18.0 Å². The fraction of sp³-hybridized carbons (Fsp3) is 0.333. The van der Waals surface area contributed by atoms with Crippen molar-refractivity contribution in [1.29, 1.82) is 0 Å². The molecule has 1 N–H and O–H groups in total. The molecule has 11 heteroatoms. The van der Waals surface area contributed by atoms with Crippen molar-refractivity contribution in [1.82, 2.24) is 10.2 Å². The number of hydrogen-bond acceptors (Lipinski definition) is 4. The summed E-state index contributed by atoms with van der Waals surface area (Å²) in [6.45, 7) is 6.70. The van der Waals surface area contributed by atoms with Crippen LogP contribution in [0.25, 0.3) is 0 Å². The van der Waals surface area contributed by atoms with Crippen LogP contribution in [0.2, 0.25) is 15.1 Å². The van der Waals surface area contributed by atoms with E-state index in [0.717, 1.165) is 4.31 Å². The molecule has 0 heterocycles. The van der Waals surface area contributed by atoms with Gasteiger partial charge in [0.05, 0.1) is 10.6 Å². The summed E-state index contributed by atoms with van der Waals surface area (Å²) in [5, 5.41) is 4.05. The van der Waals surface area contributed by atoms with Gasteiger partial charge in [-0.2, -0.15) is 0 Å². The molecule has 0 unspecified atom stereocenters. The minimum Gasteiger partial charge on any atom is -0.352 e. The molecule has 0 saturated heterocycles. The lowest BCUT2D eigenvalue weighted by atomic mass is 10.1. The monoisotopic (exact) mass is 637 g/mol. The SMILES string of the molecule is CC[C@@H](C)NC(=O)[C@H](CC)N(Cc1ccc(Cl)cc1Cl)C(=O)CN(c1cccc(Cl)c1C)S(=O)(=O)c1ccccc1. The molecule has 0 spiro atoms. The van der Waals surface area contributed by atoms with Gasteiger partial charge in [-0.25, -0.2) is 8.42 Å². The second-order valence-corrected chi connectivity index (χ2v) is 12.8. The van der Waals surface area contributed by atoms with E-state index in [0.29, 0.717) is 39.0 Å². The van der Waals surface area contributed by atoms with Crippen molar-refractivity contribution in [2.75, 3.05) is 10.8 Å². The van der Waals surface area contributed by atoms with Crippen LogP contribution in [0.4, 0.5) is 5.69 Å². The highest BCUT2D eigenvalue weighted by Crippen LogP contribution is 2.31. The molecule has 0 aliphatic rings. The second-order valence-electron chi connectivity index (χ2n) is 9.71. The number of carbonyl (C=O) groups is 2. The van der Waals surface area contributed by atoms with Crippen molar-refractivity contribution in [3.8, 4) is 0 Å². The zero-order valence-corrected chi connectivity index (χ0v) is 26.5. The highest BCUT2D eigenvalue weighted by atomic mass is 35.5. The molecule has 0 bridgehead atoms. The Bertz CT molecular complexity index is 1490. The molecule has 2 amide bonds. The average Bonchev–Trinajstić information content (AvgIpc) is 2.94. The summed E-state index contributed by atoms with van der Waals surface area (Å²) in [6, 6.07) is 16.6. The highest BCUT2D eigenvalue weighted by Gasteiger charge is 2.34. The van der Waals surface area contributed by atoms with Crippen LogP contribution >= 0.6 is 34.8 Å². The highest BCUT2D eigenvalue weighted by molar-refractivity contribution is 7.92. The molecule has 220 valence electrons. The lowest BCUT2D eigenvalue weighted by Gasteiger charge is -2.34. The minimum absolute atomic E-state index is 0.0148. The Morgan fingerprint density at radius 3 is 2.20 bits per heavy atom. The molecule has 41 heavy (non-hydrogen) atoms. The summed E-state index contributed by atoms with van der Waals surface area (Å²) in [5.41, 5.74) is 1.32.